The maximum absolute atomic E-state index is 14.7. The van der Waals surface area contributed by atoms with Gasteiger partial charge in [0.15, 0.2) is 19.7 Å². The summed E-state index contributed by atoms with van der Waals surface area (Å²) in [5.41, 5.74) is 2.92. The Morgan fingerprint density at radius 1 is 0.412 bits per heavy atom. The van der Waals surface area contributed by atoms with E-state index in [0.717, 1.165) is 32.7 Å². The molecule has 14 nitrogen and oxygen atoms in total. The molecule has 0 aromatic heterocycles. The first-order valence-electron chi connectivity index (χ1n) is 27.6. The van der Waals surface area contributed by atoms with E-state index in [-0.39, 0.29) is 25.7 Å². The molecular weight excluding hydrogens is 1050 g/mol. The molecule has 0 radical (unpaired) electrons. The lowest BCUT2D eigenvalue weighted by Gasteiger charge is -2.35. The Morgan fingerprint density at radius 3 is 1.05 bits per heavy atom. The molecule has 0 spiro atoms. The molecule has 0 saturated carbocycles. The summed E-state index contributed by atoms with van der Waals surface area (Å²) in [6, 6.07) is 39.7. The van der Waals surface area contributed by atoms with Crippen LogP contribution in [0.1, 0.15) is 91.5 Å². The van der Waals surface area contributed by atoms with Crippen LogP contribution in [0.15, 0.2) is 146 Å². The summed E-state index contributed by atoms with van der Waals surface area (Å²) in [4.78, 5) is 58.7. The Bertz CT molecular complexity index is 3070. The molecule has 6 N–H and O–H groups in total. The second kappa shape index (κ2) is 26.9. The lowest BCUT2D eigenvalue weighted by atomic mass is 9.90. The normalized spacial score (nSPS) is 15.5. The maximum Gasteiger partial charge on any atom is 0.243 e. The topological polar surface area (TPSA) is 225 Å². The Morgan fingerprint density at radius 2 is 0.725 bits per heavy atom. The highest BCUT2D eigenvalue weighted by Crippen LogP contribution is 2.28. The van der Waals surface area contributed by atoms with Gasteiger partial charge in [0.2, 0.25) is 23.6 Å². The standard InChI is InChI=1S/C64H82N4O10S2/c1-41(2)55(67-59(71)49(39-79(75,76)63(5,6)7)37-47-31-21-29-45-27-17-19-33-51(45)47)61(73)65-53(35-43-23-13-11-14-24-43)57(69)58(70)54(36-44-25-15-12-16-26-44)66-62(74)56(42(3)4)68-60(72)50(40-80(77,78)64(8,9)10)38-48-32-22-30-46-28-18-20-34-52(46)48/h11-34,41-42,49-50,53-58,69-70H,35-40H2,1-10H3,(H,65,73)(H,66,74)(H,67,71)(H,68,72)/t49-,50+,53-,54-,55-,56?,57+,58+/m0/s1. The number of carbonyl (C=O) groups is 4. The number of rotatable bonds is 25. The number of hydrogen-bond donors (Lipinski definition) is 6. The smallest absolute Gasteiger partial charge is 0.243 e. The quantitative estimate of drug-likeness (QED) is 0.0325. The maximum atomic E-state index is 14.7. The molecule has 80 heavy (non-hydrogen) atoms. The molecule has 8 atom stereocenters. The second-order valence-corrected chi connectivity index (χ2v) is 29.5. The zero-order chi connectivity index (χ0) is 58.7. The van der Waals surface area contributed by atoms with Crippen LogP contribution in [-0.4, -0.2) is 108 Å². The summed E-state index contributed by atoms with van der Waals surface area (Å²) in [7, 11) is -7.70. The van der Waals surface area contributed by atoms with Gasteiger partial charge >= 0.3 is 0 Å². The van der Waals surface area contributed by atoms with Crippen molar-refractivity contribution in [2.45, 2.75) is 141 Å². The molecule has 0 bridgehead atoms. The molecule has 1 unspecified atom stereocenters. The van der Waals surface area contributed by atoms with Crippen molar-refractivity contribution >= 4 is 64.8 Å². The van der Waals surface area contributed by atoms with E-state index in [9.17, 15) is 46.2 Å². The van der Waals surface area contributed by atoms with Gasteiger partial charge in [-0.15, -0.1) is 0 Å². The predicted molar refractivity (Wildman–Crippen MR) is 319 cm³/mol. The van der Waals surface area contributed by atoms with Crippen molar-refractivity contribution in [3.05, 3.63) is 168 Å². The average Bonchev–Trinajstić information content (AvgIpc) is 3.40. The van der Waals surface area contributed by atoms with Crippen molar-refractivity contribution < 1.29 is 46.2 Å². The summed E-state index contributed by atoms with van der Waals surface area (Å²) in [6.45, 7) is 16.4. The van der Waals surface area contributed by atoms with Crippen molar-refractivity contribution in [1.82, 2.24) is 21.3 Å². The average molecular weight is 1130 g/mol. The minimum absolute atomic E-state index is 0.00332. The predicted octanol–water partition coefficient (Wildman–Crippen LogP) is 7.90. The monoisotopic (exact) mass is 1130 g/mol. The summed E-state index contributed by atoms with van der Waals surface area (Å²) < 4.78 is 52.9. The second-order valence-electron chi connectivity index (χ2n) is 23.9. The van der Waals surface area contributed by atoms with E-state index >= 15 is 0 Å². The fourth-order valence-corrected chi connectivity index (χ4v) is 12.4. The molecule has 0 fully saturated rings. The first-order chi connectivity index (χ1) is 37.6. The van der Waals surface area contributed by atoms with Crippen LogP contribution in [0.25, 0.3) is 21.5 Å². The molecule has 0 aliphatic carbocycles. The van der Waals surface area contributed by atoms with E-state index in [1.54, 1.807) is 118 Å². The van der Waals surface area contributed by atoms with E-state index < -0.39 is 124 Å². The van der Waals surface area contributed by atoms with Gasteiger partial charge in [-0.2, -0.15) is 0 Å². The van der Waals surface area contributed by atoms with E-state index in [2.05, 4.69) is 21.3 Å². The lowest BCUT2D eigenvalue weighted by Crippen LogP contribution is -2.62. The number of benzene rings is 6. The number of fused-ring (bicyclic) bond motifs is 2. The number of nitrogens with one attached hydrogen (secondary N) is 4. The molecule has 0 heterocycles. The van der Waals surface area contributed by atoms with Gasteiger partial charge in [-0.05, 0) is 123 Å². The molecule has 430 valence electrons. The van der Waals surface area contributed by atoms with E-state index in [0.29, 0.717) is 11.1 Å². The number of sulfone groups is 2. The molecule has 0 aliphatic heterocycles. The highest BCUT2D eigenvalue weighted by atomic mass is 32.2. The molecule has 4 amide bonds. The van der Waals surface area contributed by atoms with Crippen LogP contribution in [0.5, 0.6) is 0 Å². The van der Waals surface area contributed by atoms with Crippen molar-refractivity contribution in [2.75, 3.05) is 11.5 Å². The Labute approximate surface area is 473 Å². The minimum atomic E-state index is -3.85. The zero-order valence-electron chi connectivity index (χ0n) is 47.8. The molecule has 0 aliphatic rings. The lowest BCUT2D eigenvalue weighted by molar-refractivity contribution is -0.134. The van der Waals surface area contributed by atoms with Crippen LogP contribution in [0.3, 0.4) is 0 Å². The zero-order valence-corrected chi connectivity index (χ0v) is 49.5. The number of aliphatic hydroxyl groups excluding tert-OH is 2. The fraction of sp³-hybridized carbons (Fsp3) is 0.438. The summed E-state index contributed by atoms with van der Waals surface area (Å²) in [5.74, 6) is -6.92. The van der Waals surface area contributed by atoms with Gasteiger partial charge in [-0.1, -0.05) is 173 Å². The minimum Gasteiger partial charge on any atom is -0.388 e. The molecule has 6 aromatic carbocycles. The molecule has 6 rings (SSSR count). The van der Waals surface area contributed by atoms with Crippen molar-refractivity contribution in [3.63, 3.8) is 0 Å². The Hall–Kier alpha value is -6.46. The molecular formula is C64H82N4O10S2. The van der Waals surface area contributed by atoms with Crippen LogP contribution >= 0.6 is 0 Å². The molecule has 0 saturated heterocycles. The van der Waals surface area contributed by atoms with E-state index in [4.69, 9.17) is 0 Å². The molecule has 6 aromatic rings. The van der Waals surface area contributed by atoms with Crippen molar-refractivity contribution in [3.8, 4) is 0 Å². The first kappa shape index (κ1) is 62.7. The van der Waals surface area contributed by atoms with Crippen LogP contribution in [-0.2, 0) is 64.5 Å². The van der Waals surface area contributed by atoms with Gasteiger partial charge in [0.25, 0.3) is 0 Å². The number of carbonyl (C=O) groups excluding carboxylic acids is 4. The van der Waals surface area contributed by atoms with E-state index in [1.165, 1.54) is 0 Å². The largest absolute Gasteiger partial charge is 0.388 e. The van der Waals surface area contributed by atoms with Gasteiger partial charge in [0.1, 0.15) is 24.3 Å². The third-order valence-electron chi connectivity index (χ3n) is 15.1. The number of hydrogen-bond acceptors (Lipinski definition) is 10. The van der Waals surface area contributed by atoms with Crippen LogP contribution in [0.4, 0.5) is 0 Å². The Kier molecular flexibility index (Phi) is 21.1. The first-order valence-corrected chi connectivity index (χ1v) is 30.9. The van der Waals surface area contributed by atoms with Gasteiger partial charge in [0.05, 0.1) is 44.9 Å². The highest BCUT2D eigenvalue weighted by molar-refractivity contribution is 7.93. The fourth-order valence-electron chi connectivity index (χ4n) is 9.84. The van der Waals surface area contributed by atoms with Gasteiger partial charge in [-0.25, -0.2) is 16.8 Å². The molecule has 16 heteroatoms. The van der Waals surface area contributed by atoms with Gasteiger partial charge < -0.3 is 31.5 Å². The van der Waals surface area contributed by atoms with E-state index in [1.807, 2.05) is 97.1 Å². The summed E-state index contributed by atoms with van der Waals surface area (Å²) in [5, 5.41) is 40.1. The highest BCUT2D eigenvalue weighted by Gasteiger charge is 2.41. The number of amides is 4. The SMILES string of the molecule is CC(C)C(NC(=O)[C@H](Cc1cccc2ccccc12)CS(=O)(=O)C(C)(C)C)C(=O)N[C@@H](Cc1ccccc1)[C@@H](O)[C@H](O)[C@H](Cc1ccccc1)NC(=O)[C@@H](NC(=O)[C@@H](Cc1cccc2ccccc12)CS(=O)(=O)C(C)(C)C)C(C)C. The van der Waals surface area contributed by atoms with Crippen LogP contribution < -0.4 is 21.3 Å². The number of aliphatic hydroxyl groups is 2. The van der Waals surface area contributed by atoms with Crippen molar-refractivity contribution in [2.24, 2.45) is 23.7 Å². The third kappa shape index (κ3) is 16.4. The van der Waals surface area contributed by atoms with Gasteiger partial charge in [0, 0.05) is 0 Å². The van der Waals surface area contributed by atoms with Crippen LogP contribution in [0.2, 0.25) is 0 Å². The van der Waals surface area contributed by atoms with Gasteiger partial charge in [-0.3, -0.25) is 19.2 Å². The van der Waals surface area contributed by atoms with Crippen LogP contribution in [0, 0.1) is 23.7 Å². The Balaban J connectivity index is 1.29. The summed E-state index contributed by atoms with van der Waals surface area (Å²) >= 11 is 0. The third-order valence-corrected chi connectivity index (χ3v) is 20.5. The summed E-state index contributed by atoms with van der Waals surface area (Å²) in [6.07, 6.45) is -3.37. The van der Waals surface area contributed by atoms with Crippen molar-refractivity contribution in [1.29, 1.82) is 0 Å².